The number of hydrogen-bond donors (Lipinski definition) is 4. The summed E-state index contributed by atoms with van der Waals surface area (Å²) < 4.78 is 40.9. The van der Waals surface area contributed by atoms with E-state index >= 15 is 0 Å². The highest BCUT2D eigenvalue weighted by Crippen LogP contribution is 2.23. The highest BCUT2D eigenvalue weighted by atomic mass is 19.4. The summed E-state index contributed by atoms with van der Waals surface area (Å²) in [5.74, 6) is -0.246. The summed E-state index contributed by atoms with van der Waals surface area (Å²) in [4.78, 5) is 22.9. The van der Waals surface area contributed by atoms with Gasteiger partial charge in [0.25, 0.3) is 0 Å². The fraction of sp³-hybridized carbons (Fsp3) is 0.435. The van der Waals surface area contributed by atoms with Gasteiger partial charge < -0.3 is 21.8 Å². The fourth-order valence-corrected chi connectivity index (χ4v) is 3.04. The monoisotopic (exact) mass is 479 g/mol. The maximum atomic E-state index is 13.2. The summed E-state index contributed by atoms with van der Waals surface area (Å²) >= 11 is 0. The largest absolute Gasteiger partial charge is 0.403 e. The average molecular weight is 480 g/mol. The number of unbranched alkanes of at least 4 members (excludes halogenated alkanes) is 1. The van der Waals surface area contributed by atoms with Gasteiger partial charge in [-0.1, -0.05) is 38.8 Å². The van der Waals surface area contributed by atoms with Gasteiger partial charge in [-0.3, -0.25) is 9.56 Å². The number of aromatic amines is 1. The van der Waals surface area contributed by atoms with Crippen molar-refractivity contribution in [3.63, 3.8) is 0 Å². The minimum Gasteiger partial charge on any atom is -0.370 e. The number of nitrogens with zero attached hydrogens (tertiary/aromatic N) is 3. The first-order valence-corrected chi connectivity index (χ1v) is 11.1. The summed E-state index contributed by atoms with van der Waals surface area (Å²) in [6, 6.07) is 6.76. The number of halogens is 3. The lowest BCUT2D eigenvalue weighted by Crippen LogP contribution is -2.42. The molecule has 0 fully saturated rings. The number of hydrogen-bond acceptors (Lipinski definition) is 4. The molecule has 0 saturated heterocycles. The minimum atomic E-state index is -4.43. The van der Waals surface area contributed by atoms with Crippen molar-refractivity contribution in [3.8, 4) is 5.69 Å². The van der Waals surface area contributed by atoms with Gasteiger partial charge in [-0.2, -0.15) is 18.2 Å². The van der Waals surface area contributed by atoms with Gasteiger partial charge in [-0.15, -0.1) is 0 Å². The van der Waals surface area contributed by atoms with Crippen LogP contribution in [0.3, 0.4) is 0 Å². The van der Waals surface area contributed by atoms with E-state index in [9.17, 15) is 18.0 Å². The lowest BCUT2D eigenvalue weighted by Gasteiger charge is -2.21. The summed E-state index contributed by atoms with van der Waals surface area (Å²) in [6.07, 6.45) is -0.399. The molecular formula is C23H32F3N7O. The molecule has 0 saturated carbocycles. The van der Waals surface area contributed by atoms with Crippen molar-refractivity contribution in [1.29, 1.82) is 0 Å². The van der Waals surface area contributed by atoms with Crippen LogP contribution in [0, 0.1) is 6.92 Å². The molecule has 186 valence electrons. The zero-order valence-corrected chi connectivity index (χ0v) is 19.6. The first-order chi connectivity index (χ1) is 16.0. The number of nitrogens with two attached hydrogens (primary N) is 2. The van der Waals surface area contributed by atoms with Crippen LogP contribution in [0.2, 0.25) is 0 Å². The molecule has 34 heavy (non-hydrogen) atoms. The van der Waals surface area contributed by atoms with Crippen LogP contribution in [0.15, 0.2) is 46.3 Å². The third kappa shape index (κ3) is 7.91. The molecule has 3 aromatic rings. The van der Waals surface area contributed by atoms with Crippen molar-refractivity contribution in [1.82, 2.24) is 19.9 Å². The molecule has 2 aromatic heterocycles. The molecular weight excluding hydrogens is 447 g/mol. The molecule has 3 rings (SSSR count). The molecule has 11 heteroatoms. The van der Waals surface area contributed by atoms with E-state index in [-0.39, 0.29) is 25.5 Å². The van der Waals surface area contributed by atoms with Gasteiger partial charge in [0.15, 0.2) is 5.96 Å². The molecule has 1 aromatic carbocycles. The van der Waals surface area contributed by atoms with E-state index in [1.165, 1.54) is 17.4 Å². The number of aliphatic imine (C=N–C) groups is 1. The molecule has 1 atom stereocenters. The van der Waals surface area contributed by atoms with Crippen molar-refractivity contribution >= 4 is 17.0 Å². The first-order valence-electron chi connectivity index (χ1n) is 11.1. The Morgan fingerprint density at radius 1 is 1.21 bits per heavy atom. The van der Waals surface area contributed by atoms with Crippen LogP contribution < -0.4 is 22.5 Å². The summed E-state index contributed by atoms with van der Waals surface area (Å²) in [5, 5.41) is 3.27. The van der Waals surface area contributed by atoms with Crippen LogP contribution in [-0.4, -0.2) is 39.3 Å². The Kier molecular flexibility index (Phi) is 9.67. The Bertz CT molecular complexity index is 1130. The summed E-state index contributed by atoms with van der Waals surface area (Å²) in [7, 11) is 0. The van der Waals surface area contributed by atoms with Crippen molar-refractivity contribution in [3.05, 3.63) is 58.3 Å². The van der Waals surface area contributed by atoms with Gasteiger partial charge in [0.05, 0.1) is 5.69 Å². The number of guanidine groups is 1. The topological polar surface area (TPSA) is 127 Å². The van der Waals surface area contributed by atoms with E-state index in [1.807, 2.05) is 13.0 Å². The zero-order chi connectivity index (χ0) is 25.3. The number of aryl methyl sites for hydroxylation is 1. The Morgan fingerprint density at radius 3 is 2.41 bits per heavy atom. The molecule has 0 spiro atoms. The predicted octanol–water partition coefficient (Wildman–Crippen LogP) is 3.51. The second-order valence-corrected chi connectivity index (χ2v) is 7.89. The molecule has 1 unspecified atom stereocenters. The van der Waals surface area contributed by atoms with Crippen molar-refractivity contribution in [2.45, 2.75) is 58.8 Å². The molecule has 0 aliphatic carbocycles. The molecule has 6 N–H and O–H groups in total. The maximum absolute atomic E-state index is 13.2. The fourth-order valence-electron chi connectivity index (χ4n) is 3.04. The van der Waals surface area contributed by atoms with Crippen LogP contribution in [0.1, 0.15) is 44.4 Å². The van der Waals surface area contributed by atoms with E-state index in [0.29, 0.717) is 16.9 Å². The molecule has 2 heterocycles. The van der Waals surface area contributed by atoms with Gasteiger partial charge in [-0.05, 0) is 37.1 Å². The molecule has 0 aliphatic heterocycles. The van der Waals surface area contributed by atoms with Crippen LogP contribution >= 0.6 is 0 Å². The van der Waals surface area contributed by atoms with E-state index in [4.69, 9.17) is 11.5 Å². The highest BCUT2D eigenvalue weighted by Gasteiger charge is 2.38. The Hall–Kier alpha value is -3.34. The second-order valence-electron chi connectivity index (χ2n) is 7.89. The van der Waals surface area contributed by atoms with E-state index in [0.717, 1.165) is 11.1 Å². The number of fused-ring (bicyclic) bond motifs is 1. The highest BCUT2D eigenvalue weighted by molar-refractivity contribution is 5.76. The van der Waals surface area contributed by atoms with Gasteiger partial charge in [-0.25, -0.2) is 4.79 Å². The van der Waals surface area contributed by atoms with E-state index in [2.05, 4.69) is 34.1 Å². The third-order valence-electron chi connectivity index (χ3n) is 5.02. The summed E-state index contributed by atoms with van der Waals surface area (Å²) in [6.45, 7) is 6.09. The number of alkyl halides is 3. The first kappa shape index (κ1) is 26.9. The van der Waals surface area contributed by atoms with E-state index < -0.39 is 17.9 Å². The van der Waals surface area contributed by atoms with Crippen molar-refractivity contribution in [2.24, 2.45) is 16.5 Å². The number of nitrogens with one attached hydrogen (secondary N) is 2. The van der Waals surface area contributed by atoms with Crippen LogP contribution in [0.5, 0.6) is 0 Å². The normalized spacial score (nSPS) is 12.2. The predicted molar refractivity (Wildman–Crippen MR) is 129 cm³/mol. The molecule has 0 radical (unpaired) electrons. The Balaban J connectivity index is 0.000000945. The lowest BCUT2D eigenvalue weighted by molar-refractivity contribution is -0.157. The SMILES string of the molecule is CCCC.Cc1cc2cn(-c3ccc(CNC(CCN=C(N)N)C(F)(F)F)cc3)c(=O)nc2[nH]1. The maximum Gasteiger partial charge on any atom is 0.403 e. The number of benzene rings is 1. The smallest absolute Gasteiger partial charge is 0.370 e. The minimum absolute atomic E-state index is 0.00450. The Labute approximate surface area is 196 Å². The molecule has 0 aliphatic rings. The molecule has 0 bridgehead atoms. The van der Waals surface area contributed by atoms with Gasteiger partial charge >= 0.3 is 11.9 Å². The zero-order valence-electron chi connectivity index (χ0n) is 19.6. The number of aromatic nitrogens is 3. The number of rotatable bonds is 8. The van der Waals surface area contributed by atoms with Crippen LogP contribution in [-0.2, 0) is 6.54 Å². The summed E-state index contributed by atoms with van der Waals surface area (Å²) in [5.41, 5.74) is 12.4. The third-order valence-corrected chi connectivity index (χ3v) is 5.02. The lowest BCUT2D eigenvalue weighted by atomic mass is 10.1. The average Bonchev–Trinajstić information content (AvgIpc) is 3.13. The quantitative estimate of drug-likeness (QED) is 0.290. The van der Waals surface area contributed by atoms with Crippen LogP contribution in [0.4, 0.5) is 13.2 Å². The van der Waals surface area contributed by atoms with Gasteiger partial charge in [0.2, 0.25) is 0 Å². The second kappa shape index (κ2) is 12.2. The van der Waals surface area contributed by atoms with Gasteiger partial charge in [0.1, 0.15) is 11.7 Å². The van der Waals surface area contributed by atoms with Gasteiger partial charge in [0, 0.05) is 30.4 Å². The standard InChI is InChI=1S/C19H22F3N7O.C4H10/c1-11-8-13-10-29(18(30)28-16(13)27-11)14-4-2-12(3-5-14)9-26-15(19(20,21)22)6-7-25-17(23)24;1-3-4-2/h2-5,8,10,15,26H,6-7,9H2,1H3,(H4,23,24,25)(H,27,28,30);3-4H2,1-2H3. The molecule has 0 amide bonds. The van der Waals surface area contributed by atoms with E-state index in [1.54, 1.807) is 30.5 Å². The Morgan fingerprint density at radius 2 is 1.85 bits per heavy atom. The number of H-pyrrole nitrogens is 1. The van der Waals surface area contributed by atoms with Crippen molar-refractivity contribution < 1.29 is 13.2 Å². The molecule has 8 nitrogen and oxygen atoms in total. The van der Waals surface area contributed by atoms with Crippen LogP contribution in [0.25, 0.3) is 16.7 Å². The van der Waals surface area contributed by atoms with Crippen molar-refractivity contribution in [2.75, 3.05) is 6.54 Å².